The number of piperidine rings is 1. The molecule has 92 valence electrons. The van der Waals surface area contributed by atoms with E-state index < -0.39 is 0 Å². The summed E-state index contributed by atoms with van der Waals surface area (Å²) in [4.78, 5) is 12.6. The fourth-order valence-corrected chi connectivity index (χ4v) is 2.24. The molecule has 1 saturated heterocycles. The zero-order valence-electron chi connectivity index (χ0n) is 9.74. The molecule has 17 heavy (non-hydrogen) atoms. The summed E-state index contributed by atoms with van der Waals surface area (Å²) in [5, 5.41) is 20.6. The number of nitro benzene ring substituents is 1. The van der Waals surface area contributed by atoms with E-state index in [1.165, 1.54) is 6.07 Å². The predicted molar refractivity (Wildman–Crippen MR) is 65.1 cm³/mol. The van der Waals surface area contributed by atoms with Crippen molar-refractivity contribution in [3.05, 3.63) is 34.4 Å². The molecular weight excluding hydrogens is 220 g/mol. The number of aliphatic hydroxyl groups is 1. The Morgan fingerprint density at radius 1 is 1.47 bits per heavy atom. The van der Waals surface area contributed by atoms with Gasteiger partial charge in [-0.1, -0.05) is 19.1 Å². The smallest absolute Gasteiger partial charge is 0.292 e. The molecule has 1 aromatic rings. The maximum Gasteiger partial charge on any atom is 0.292 e. The van der Waals surface area contributed by atoms with Gasteiger partial charge in [-0.05, 0) is 18.4 Å². The first-order valence-electron chi connectivity index (χ1n) is 5.76. The Balaban J connectivity index is 2.25. The van der Waals surface area contributed by atoms with Gasteiger partial charge >= 0.3 is 0 Å². The fraction of sp³-hybridized carbons (Fsp3) is 0.500. The van der Waals surface area contributed by atoms with Crippen molar-refractivity contribution in [3.63, 3.8) is 0 Å². The Labute approximate surface area is 99.8 Å². The Kier molecular flexibility index (Phi) is 3.28. The molecule has 0 amide bonds. The summed E-state index contributed by atoms with van der Waals surface area (Å²) in [7, 11) is 0. The molecule has 2 unspecified atom stereocenters. The molecule has 2 rings (SSSR count). The van der Waals surface area contributed by atoms with Crippen molar-refractivity contribution in [2.45, 2.75) is 19.4 Å². The lowest BCUT2D eigenvalue weighted by atomic mass is 9.96. The summed E-state index contributed by atoms with van der Waals surface area (Å²) in [5.41, 5.74) is 0.785. The van der Waals surface area contributed by atoms with Crippen LogP contribution >= 0.6 is 0 Å². The third-order valence-electron chi connectivity index (χ3n) is 3.28. The van der Waals surface area contributed by atoms with Crippen LogP contribution in [0.2, 0.25) is 0 Å². The SMILES string of the molecule is CC1CN(c2ccccc2[N+](=O)[O-])CCC1O. The van der Waals surface area contributed by atoms with E-state index in [1.807, 2.05) is 11.8 Å². The topological polar surface area (TPSA) is 66.6 Å². The Morgan fingerprint density at radius 2 is 2.18 bits per heavy atom. The number of nitro groups is 1. The number of hydrogen-bond donors (Lipinski definition) is 1. The first-order valence-corrected chi connectivity index (χ1v) is 5.76. The zero-order valence-corrected chi connectivity index (χ0v) is 9.74. The molecule has 1 aliphatic rings. The zero-order chi connectivity index (χ0) is 12.4. The molecule has 1 heterocycles. The number of benzene rings is 1. The molecule has 5 heteroatoms. The van der Waals surface area contributed by atoms with Crippen LogP contribution in [0.5, 0.6) is 0 Å². The van der Waals surface area contributed by atoms with E-state index in [4.69, 9.17) is 0 Å². The number of anilines is 1. The second kappa shape index (κ2) is 4.71. The van der Waals surface area contributed by atoms with Crippen LogP contribution in [0.4, 0.5) is 11.4 Å². The third-order valence-corrected chi connectivity index (χ3v) is 3.28. The lowest BCUT2D eigenvalue weighted by Crippen LogP contribution is -2.42. The van der Waals surface area contributed by atoms with Crippen LogP contribution in [0.15, 0.2) is 24.3 Å². The maximum absolute atomic E-state index is 10.9. The predicted octanol–water partition coefficient (Wildman–Crippen LogP) is 1.80. The average molecular weight is 236 g/mol. The van der Waals surface area contributed by atoms with Crippen LogP contribution in [0.3, 0.4) is 0 Å². The van der Waals surface area contributed by atoms with Crippen LogP contribution in [0.1, 0.15) is 13.3 Å². The van der Waals surface area contributed by atoms with Gasteiger partial charge < -0.3 is 10.0 Å². The van der Waals surface area contributed by atoms with Crippen LogP contribution in [0.25, 0.3) is 0 Å². The number of hydrogen-bond acceptors (Lipinski definition) is 4. The molecule has 5 nitrogen and oxygen atoms in total. The standard InChI is InChI=1S/C12H16N2O3/c1-9-8-13(7-6-12(9)15)10-4-2-3-5-11(10)14(16)17/h2-5,9,12,15H,6-8H2,1H3. The normalized spacial score (nSPS) is 24.7. The molecule has 2 atom stereocenters. The van der Waals surface area contributed by atoms with Crippen molar-refractivity contribution in [3.8, 4) is 0 Å². The van der Waals surface area contributed by atoms with Gasteiger partial charge in [0.2, 0.25) is 0 Å². The highest BCUT2D eigenvalue weighted by atomic mass is 16.6. The number of aliphatic hydroxyl groups excluding tert-OH is 1. The first kappa shape index (κ1) is 11.9. The van der Waals surface area contributed by atoms with Gasteiger partial charge in [-0.25, -0.2) is 0 Å². The van der Waals surface area contributed by atoms with Gasteiger partial charge in [0.05, 0.1) is 11.0 Å². The Bertz CT molecular complexity index is 422. The molecule has 0 bridgehead atoms. The van der Waals surface area contributed by atoms with E-state index in [2.05, 4.69) is 0 Å². The molecular formula is C12H16N2O3. The molecule has 0 radical (unpaired) electrons. The second-order valence-corrected chi connectivity index (χ2v) is 4.53. The van der Waals surface area contributed by atoms with Gasteiger partial charge in [0, 0.05) is 19.2 Å². The monoisotopic (exact) mass is 236 g/mol. The first-order chi connectivity index (χ1) is 8.09. The van der Waals surface area contributed by atoms with Gasteiger partial charge in [0.15, 0.2) is 0 Å². The molecule has 1 aliphatic heterocycles. The summed E-state index contributed by atoms with van der Waals surface area (Å²) in [5.74, 6) is 0.142. The lowest BCUT2D eigenvalue weighted by Gasteiger charge is -2.35. The second-order valence-electron chi connectivity index (χ2n) is 4.53. The summed E-state index contributed by atoms with van der Waals surface area (Å²) in [6.07, 6.45) is 0.363. The molecule has 1 aromatic carbocycles. The van der Waals surface area contributed by atoms with Crippen molar-refractivity contribution in [2.24, 2.45) is 5.92 Å². The number of rotatable bonds is 2. The van der Waals surface area contributed by atoms with Crippen LogP contribution in [-0.4, -0.2) is 29.2 Å². The molecule has 0 spiro atoms. The van der Waals surface area contributed by atoms with E-state index in [0.717, 1.165) is 0 Å². The van der Waals surface area contributed by atoms with E-state index in [1.54, 1.807) is 18.2 Å². The van der Waals surface area contributed by atoms with Gasteiger partial charge in [0.1, 0.15) is 5.69 Å². The quantitative estimate of drug-likeness (QED) is 0.628. The molecule has 1 fully saturated rings. The van der Waals surface area contributed by atoms with E-state index in [0.29, 0.717) is 25.2 Å². The van der Waals surface area contributed by atoms with Crippen LogP contribution in [0, 0.1) is 16.0 Å². The number of nitrogens with zero attached hydrogens (tertiary/aromatic N) is 2. The minimum absolute atomic E-state index is 0.135. The van der Waals surface area contributed by atoms with Crippen LogP contribution in [-0.2, 0) is 0 Å². The van der Waals surface area contributed by atoms with E-state index in [9.17, 15) is 15.2 Å². The highest BCUT2D eigenvalue weighted by Crippen LogP contribution is 2.31. The lowest BCUT2D eigenvalue weighted by molar-refractivity contribution is -0.384. The van der Waals surface area contributed by atoms with Gasteiger partial charge in [-0.15, -0.1) is 0 Å². The van der Waals surface area contributed by atoms with E-state index >= 15 is 0 Å². The third kappa shape index (κ3) is 2.39. The molecule has 0 aromatic heterocycles. The summed E-state index contributed by atoms with van der Waals surface area (Å²) in [6.45, 7) is 3.29. The Hall–Kier alpha value is -1.62. The molecule has 0 aliphatic carbocycles. The largest absolute Gasteiger partial charge is 0.393 e. The minimum atomic E-state index is -0.356. The number of para-hydroxylation sites is 2. The Morgan fingerprint density at radius 3 is 2.82 bits per heavy atom. The minimum Gasteiger partial charge on any atom is -0.393 e. The maximum atomic E-state index is 10.9. The summed E-state index contributed by atoms with van der Waals surface area (Å²) < 4.78 is 0. The van der Waals surface area contributed by atoms with Crippen molar-refractivity contribution in [1.29, 1.82) is 0 Å². The average Bonchev–Trinajstić information content (AvgIpc) is 2.32. The molecule has 1 N–H and O–H groups in total. The summed E-state index contributed by atoms with van der Waals surface area (Å²) >= 11 is 0. The summed E-state index contributed by atoms with van der Waals surface area (Å²) in [6, 6.07) is 6.76. The van der Waals surface area contributed by atoms with Crippen molar-refractivity contribution < 1.29 is 10.0 Å². The van der Waals surface area contributed by atoms with Crippen molar-refractivity contribution in [1.82, 2.24) is 0 Å². The fourth-order valence-electron chi connectivity index (χ4n) is 2.24. The van der Waals surface area contributed by atoms with Gasteiger partial charge in [-0.2, -0.15) is 0 Å². The molecule has 0 saturated carbocycles. The van der Waals surface area contributed by atoms with Gasteiger partial charge in [0.25, 0.3) is 5.69 Å². The van der Waals surface area contributed by atoms with Crippen molar-refractivity contribution in [2.75, 3.05) is 18.0 Å². The van der Waals surface area contributed by atoms with E-state index in [-0.39, 0.29) is 22.6 Å². The van der Waals surface area contributed by atoms with Crippen LogP contribution < -0.4 is 4.90 Å². The highest BCUT2D eigenvalue weighted by Gasteiger charge is 2.27. The van der Waals surface area contributed by atoms with Crippen molar-refractivity contribution >= 4 is 11.4 Å². The van der Waals surface area contributed by atoms with Gasteiger partial charge in [-0.3, -0.25) is 10.1 Å². The highest BCUT2D eigenvalue weighted by molar-refractivity contribution is 5.63.